The number of rotatable bonds is 3. The van der Waals surface area contributed by atoms with Crippen LogP contribution < -0.4 is 4.90 Å². The molecule has 0 aromatic carbocycles. The number of hydrogen-bond acceptors (Lipinski definition) is 6. The number of hydrogen-bond donors (Lipinski definition) is 0. The predicted molar refractivity (Wildman–Crippen MR) is 68.3 cm³/mol. The van der Waals surface area contributed by atoms with Crippen LogP contribution in [0.15, 0.2) is 12.4 Å². The van der Waals surface area contributed by atoms with Crippen LogP contribution in [-0.2, 0) is 9.53 Å². The van der Waals surface area contributed by atoms with Crippen LogP contribution in [0.3, 0.4) is 0 Å². The van der Waals surface area contributed by atoms with Crippen LogP contribution in [0.1, 0.15) is 25.5 Å². The van der Waals surface area contributed by atoms with Crippen LogP contribution >= 0.6 is 0 Å². The van der Waals surface area contributed by atoms with Crippen molar-refractivity contribution in [1.82, 2.24) is 9.97 Å². The van der Waals surface area contributed by atoms with Crippen molar-refractivity contribution in [3.8, 4) is 6.07 Å². The summed E-state index contributed by atoms with van der Waals surface area (Å²) >= 11 is 0. The van der Waals surface area contributed by atoms with Crippen molar-refractivity contribution in [3.05, 3.63) is 18.1 Å². The molecule has 2 rings (SSSR count). The van der Waals surface area contributed by atoms with Crippen molar-refractivity contribution in [3.63, 3.8) is 0 Å². The van der Waals surface area contributed by atoms with E-state index in [1.807, 2.05) is 17.9 Å². The predicted octanol–water partition coefficient (Wildman–Crippen LogP) is 1.13. The normalized spacial score (nSPS) is 15.9. The molecule has 0 amide bonds. The molecule has 0 unspecified atom stereocenters. The van der Waals surface area contributed by atoms with E-state index in [0.717, 1.165) is 12.8 Å². The molecular weight excluding hydrogens is 244 g/mol. The summed E-state index contributed by atoms with van der Waals surface area (Å²) in [6, 6.07) is 2.04. The topological polar surface area (TPSA) is 79.1 Å². The Bertz CT molecular complexity index is 490. The average Bonchev–Trinajstić information content (AvgIpc) is 2.47. The zero-order valence-corrected chi connectivity index (χ0v) is 10.9. The van der Waals surface area contributed by atoms with E-state index in [0.29, 0.717) is 31.2 Å². The number of aromatic nitrogens is 2. The molecule has 1 aromatic heterocycles. The Morgan fingerprint density at radius 2 is 2.16 bits per heavy atom. The Labute approximate surface area is 112 Å². The summed E-state index contributed by atoms with van der Waals surface area (Å²) in [4.78, 5) is 21.8. The summed E-state index contributed by atoms with van der Waals surface area (Å²) in [5.41, 5.74) is 0.331. The fourth-order valence-electron chi connectivity index (χ4n) is 2.23. The van der Waals surface area contributed by atoms with Gasteiger partial charge in [0, 0.05) is 25.5 Å². The van der Waals surface area contributed by atoms with Crippen LogP contribution in [0.2, 0.25) is 0 Å². The number of nitriles is 1. The number of ether oxygens (including phenoxy) is 1. The van der Waals surface area contributed by atoms with Gasteiger partial charge >= 0.3 is 5.97 Å². The van der Waals surface area contributed by atoms with Crippen LogP contribution in [-0.4, -0.2) is 35.6 Å². The molecule has 100 valence electrons. The molecule has 0 radical (unpaired) electrons. The zero-order valence-electron chi connectivity index (χ0n) is 10.9. The Balaban J connectivity index is 2.00. The van der Waals surface area contributed by atoms with Gasteiger partial charge in [0.1, 0.15) is 6.07 Å². The van der Waals surface area contributed by atoms with Gasteiger partial charge in [-0.05, 0) is 19.8 Å². The van der Waals surface area contributed by atoms with Crippen molar-refractivity contribution in [2.45, 2.75) is 19.8 Å². The van der Waals surface area contributed by atoms with E-state index in [-0.39, 0.29) is 11.9 Å². The number of esters is 1. The molecule has 1 aromatic rings. The first-order valence-corrected chi connectivity index (χ1v) is 6.39. The first kappa shape index (κ1) is 13.3. The largest absolute Gasteiger partial charge is 0.466 e. The molecule has 0 atom stereocenters. The lowest BCUT2D eigenvalue weighted by atomic mass is 9.97. The van der Waals surface area contributed by atoms with E-state index in [1.165, 1.54) is 6.20 Å². The molecular formula is C13H16N4O2. The van der Waals surface area contributed by atoms with Gasteiger partial charge in [0.2, 0.25) is 0 Å². The fourth-order valence-corrected chi connectivity index (χ4v) is 2.23. The van der Waals surface area contributed by atoms with Gasteiger partial charge in [-0.25, -0.2) is 9.97 Å². The van der Waals surface area contributed by atoms with E-state index in [4.69, 9.17) is 10.00 Å². The van der Waals surface area contributed by atoms with Crippen molar-refractivity contribution in [1.29, 1.82) is 5.26 Å². The average molecular weight is 260 g/mol. The second-order valence-electron chi connectivity index (χ2n) is 4.35. The van der Waals surface area contributed by atoms with E-state index >= 15 is 0 Å². The van der Waals surface area contributed by atoms with Crippen molar-refractivity contribution in [2.75, 3.05) is 24.6 Å². The van der Waals surface area contributed by atoms with Crippen LogP contribution in [0.4, 0.5) is 5.82 Å². The van der Waals surface area contributed by atoms with E-state index in [1.54, 1.807) is 6.20 Å². The van der Waals surface area contributed by atoms with Gasteiger partial charge in [-0.2, -0.15) is 5.26 Å². The second-order valence-corrected chi connectivity index (χ2v) is 4.35. The molecule has 19 heavy (non-hydrogen) atoms. The van der Waals surface area contributed by atoms with Crippen LogP contribution in [0, 0.1) is 17.2 Å². The van der Waals surface area contributed by atoms with Gasteiger partial charge in [-0.15, -0.1) is 0 Å². The van der Waals surface area contributed by atoms with Gasteiger partial charge in [-0.1, -0.05) is 0 Å². The number of nitrogens with zero attached hydrogens (tertiary/aromatic N) is 4. The third-order valence-corrected chi connectivity index (χ3v) is 3.20. The minimum atomic E-state index is -0.123. The Hall–Kier alpha value is -2.16. The van der Waals surface area contributed by atoms with E-state index in [9.17, 15) is 4.79 Å². The lowest BCUT2D eigenvalue weighted by Gasteiger charge is -2.31. The van der Waals surface area contributed by atoms with Gasteiger partial charge in [0.15, 0.2) is 11.5 Å². The summed E-state index contributed by atoms with van der Waals surface area (Å²) in [7, 11) is 0. The molecule has 0 saturated carbocycles. The highest BCUT2D eigenvalue weighted by Gasteiger charge is 2.27. The number of carbonyl (C=O) groups is 1. The second kappa shape index (κ2) is 6.14. The SMILES string of the molecule is CCOC(=O)C1CCN(c2nccnc2C#N)CC1. The summed E-state index contributed by atoms with van der Waals surface area (Å²) in [6.45, 7) is 3.61. The summed E-state index contributed by atoms with van der Waals surface area (Å²) < 4.78 is 5.03. The molecule has 6 nitrogen and oxygen atoms in total. The Morgan fingerprint density at radius 1 is 1.47 bits per heavy atom. The number of anilines is 1. The van der Waals surface area contributed by atoms with Gasteiger partial charge < -0.3 is 9.64 Å². The quantitative estimate of drug-likeness (QED) is 0.758. The highest BCUT2D eigenvalue weighted by molar-refractivity contribution is 5.72. The van der Waals surface area contributed by atoms with Gasteiger partial charge in [0.25, 0.3) is 0 Å². The molecule has 0 aliphatic carbocycles. The monoisotopic (exact) mass is 260 g/mol. The van der Waals surface area contributed by atoms with Gasteiger partial charge in [0.05, 0.1) is 12.5 Å². The zero-order chi connectivity index (χ0) is 13.7. The summed E-state index contributed by atoms with van der Waals surface area (Å²) in [6.07, 6.45) is 4.53. The van der Waals surface area contributed by atoms with Crippen LogP contribution in [0.25, 0.3) is 0 Å². The fraction of sp³-hybridized carbons (Fsp3) is 0.538. The number of piperidine rings is 1. The molecule has 1 aliphatic rings. The highest BCUT2D eigenvalue weighted by atomic mass is 16.5. The first-order valence-electron chi connectivity index (χ1n) is 6.39. The molecule has 0 spiro atoms. The maximum atomic E-state index is 11.6. The van der Waals surface area contributed by atoms with Crippen LogP contribution in [0.5, 0.6) is 0 Å². The smallest absolute Gasteiger partial charge is 0.309 e. The third-order valence-electron chi connectivity index (χ3n) is 3.20. The Kier molecular flexibility index (Phi) is 4.29. The third kappa shape index (κ3) is 2.99. The molecule has 0 N–H and O–H groups in total. The lowest BCUT2D eigenvalue weighted by molar-refractivity contribution is -0.148. The maximum absolute atomic E-state index is 11.6. The Morgan fingerprint density at radius 3 is 2.79 bits per heavy atom. The first-order chi connectivity index (χ1) is 9.26. The lowest BCUT2D eigenvalue weighted by Crippen LogP contribution is -2.37. The summed E-state index contributed by atoms with van der Waals surface area (Å²) in [5.74, 6) is 0.438. The highest BCUT2D eigenvalue weighted by Crippen LogP contribution is 2.23. The maximum Gasteiger partial charge on any atom is 0.309 e. The molecule has 1 fully saturated rings. The minimum Gasteiger partial charge on any atom is -0.466 e. The molecule has 1 saturated heterocycles. The van der Waals surface area contributed by atoms with Gasteiger partial charge in [-0.3, -0.25) is 4.79 Å². The molecule has 6 heteroatoms. The molecule has 1 aliphatic heterocycles. The standard InChI is InChI=1S/C13H16N4O2/c1-2-19-13(18)10-3-7-17(8-4-10)12-11(9-14)15-5-6-16-12/h5-6,10H,2-4,7-8H2,1H3. The van der Waals surface area contributed by atoms with E-state index in [2.05, 4.69) is 9.97 Å². The minimum absolute atomic E-state index is 0.0431. The summed E-state index contributed by atoms with van der Waals surface area (Å²) in [5, 5.41) is 9.01. The molecule has 0 bridgehead atoms. The molecule has 2 heterocycles. The van der Waals surface area contributed by atoms with Crippen molar-refractivity contribution < 1.29 is 9.53 Å². The number of carbonyl (C=O) groups excluding carboxylic acids is 1. The van der Waals surface area contributed by atoms with Crippen molar-refractivity contribution in [2.24, 2.45) is 5.92 Å². The van der Waals surface area contributed by atoms with Crippen molar-refractivity contribution >= 4 is 11.8 Å². The van der Waals surface area contributed by atoms with E-state index < -0.39 is 0 Å².